The highest BCUT2D eigenvalue weighted by Crippen LogP contribution is 2.35. The summed E-state index contributed by atoms with van der Waals surface area (Å²) in [5.41, 5.74) is 3.88. The Morgan fingerprint density at radius 3 is 2.87 bits per heavy atom. The Morgan fingerprint density at radius 2 is 2.04 bits per heavy atom. The molecular formula is C15H14N6S2. The number of hydrogen-bond acceptors (Lipinski definition) is 7. The molecule has 0 bridgehead atoms. The molecule has 0 aliphatic heterocycles. The van der Waals surface area contributed by atoms with Crippen LogP contribution >= 0.6 is 23.1 Å². The Labute approximate surface area is 141 Å². The van der Waals surface area contributed by atoms with Crippen molar-refractivity contribution < 1.29 is 0 Å². The number of anilines is 1. The minimum absolute atomic E-state index is 0.757. The van der Waals surface area contributed by atoms with E-state index in [2.05, 4.69) is 44.7 Å². The summed E-state index contributed by atoms with van der Waals surface area (Å²) in [6, 6.07) is 8.13. The third-order valence-electron chi connectivity index (χ3n) is 3.47. The summed E-state index contributed by atoms with van der Waals surface area (Å²) in [6.45, 7) is 4.05. The second-order valence-electron chi connectivity index (χ2n) is 5.18. The van der Waals surface area contributed by atoms with Gasteiger partial charge in [0.15, 0.2) is 10.8 Å². The van der Waals surface area contributed by atoms with E-state index in [9.17, 15) is 0 Å². The Balaban J connectivity index is 1.79. The lowest BCUT2D eigenvalue weighted by Gasteiger charge is -2.04. The van der Waals surface area contributed by atoms with Crippen molar-refractivity contribution in [3.63, 3.8) is 0 Å². The maximum atomic E-state index is 4.54. The first-order valence-corrected chi connectivity index (χ1v) is 8.73. The van der Waals surface area contributed by atoms with Crippen LogP contribution in [-0.2, 0) is 0 Å². The van der Waals surface area contributed by atoms with Gasteiger partial charge in [0.25, 0.3) is 0 Å². The van der Waals surface area contributed by atoms with Crippen LogP contribution < -0.4 is 5.32 Å². The zero-order valence-corrected chi connectivity index (χ0v) is 14.5. The quantitative estimate of drug-likeness (QED) is 0.614. The molecule has 0 atom stereocenters. The zero-order chi connectivity index (χ0) is 16.0. The van der Waals surface area contributed by atoms with Crippen LogP contribution in [0.15, 0.2) is 34.3 Å². The number of nitrogens with one attached hydrogen (secondary N) is 1. The lowest BCUT2D eigenvalue weighted by Crippen LogP contribution is -1.95. The van der Waals surface area contributed by atoms with Gasteiger partial charge in [-0.15, -0.1) is 10.2 Å². The Kier molecular flexibility index (Phi) is 3.42. The van der Waals surface area contributed by atoms with Crippen molar-refractivity contribution in [2.45, 2.75) is 23.9 Å². The number of rotatable bonds is 3. The molecule has 4 aromatic rings. The predicted molar refractivity (Wildman–Crippen MR) is 93.5 cm³/mol. The van der Waals surface area contributed by atoms with Gasteiger partial charge < -0.3 is 5.32 Å². The van der Waals surface area contributed by atoms with E-state index in [1.807, 2.05) is 26.1 Å². The van der Waals surface area contributed by atoms with Gasteiger partial charge >= 0.3 is 0 Å². The van der Waals surface area contributed by atoms with Gasteiger partial charge in [0.2, 0.25) is 5.16 Å². The van der Waals surface area contributed by atoms with E-state index >= 15 is 0 Å². The van der Waals surface area contributed by atoms with Gasteiger partial charge in [0.05, 0.1) is 15.9 Å². The molecule has 8 heteroatoms. The molecule has 6 nitrogen and oxygen atoms in total. The first kappa shape index (κ1) is 14.4. The molecule has 116 valence electrons. The van der Waals surface area contributed by atoms with Crippen LogP contribution in [0, 0.1) is 13.8 Å². The van der Waals surface area contributed by atoms with Gasteiger partial charge in [-0.1, -0.05) is 11.3 Å². The third-order valence-corrected chi connectivity index (χ3v) is 5.60. The molecule has 0 fully saturated rings. The lowest BCUT2D eigenvalue weighted by molar-refractivity contribution is 0.792. The van der Waals surface area contributed by atoms with Gasteiger partial charge in [-0.3, -0.25) is 0 Å². The summed E-state index contributed by atoms with van der Waals surface area (Å²) in [6.07, 6.45) is 0. The normalized spacial score (nSPS) is 11.4. The van der Waals surface area contributed by atoms with E-state index < -0.39 is 0 Å². The average molecular weight is 342 g/mol. The molecule has 0 amide bonds. The first-order chi connectivity index (χ1) is 11.1. The standard InChI is InChI=1S/C15H14N6S2/c1-8-6-10-12(22-14(16-3)17-10)7-11(8)23-15-19-18-13-5-4-9(2)20-21(13)15/h4-7H,1-3H3,(H,16,17). The summed E-state index contributed by atoms with van der Waals surface area (Å²) in [5, 5.41) is 17.7. The van der Waals surface area contributed by atoms with Crippen LogP contribution in [0.2, 0.25) is 0 Å². The molecule has 0 unspecified atom stereocenters. The monoisotopic (exact) mass is 342 g/mol. The summed E-state index contributed by atoms with van der Waals surface area (Å²) >= 11 is 3.22. The van der Waals surface area contributed by atoms with E-state index in [4.69, 9.17) is 0 Å². The summed E-state index contributed by atoms with van der Waals surface area (Å²) in [4.78, 5) is 5.68. The fraction of sp³-hybridized carbons (Fsp3) is 0.200. The maximum Gasteiger partial charge on any atom is 0.217 e. The summed E-state index contributed by atoms with van der Waals surface area (Å²) in [5.74, 6) is 0. The average Bonchev–Trinajstić information content (AvgIpc) is 3.11. The Morgan fingerprint density at radius 1 is 1.17 bits per heavy atom. The van der Waals surface area contributed by atoms with E-state index in [0.717, 1.165) is 36.7 Å². The van der Waals surface area contributed by atoms with E-state index in [0.29, 0.717) is 0 Å². The first-order valence-electron chi connectivity index (χ1n) is 7.10. The molecule has 0 radical (unpaired) electrons. The number of fused-ring (bicyclic) bond motifs is 2. The minimum atomic E-state index is 0.757. The van der Waals surface area contributed by atoms with E-state index in [1.54, 1.807) is 27.6 Å². The fourth-order valence-electron chi connectivity index (χ4n) is 2.30. The molecule has 23 heavy (non-hydrogen) atoms. The molecule has 1 N–H and O–H groups in total. The van der Waals surface area contributed by atoms with Crippen molar-refractivity contribution in [3.05, 3.63) is 35.5 Å². The van der Waals surface area contributed by atoms with Crippen molar-refractivity contribution in [2.75, 3.05) is 12.4 Å². The lowest BCUT2D eigenvalue weighted by atomic mass is 10.2. The van der Waals surface area contributed by atoms with Crippen LogP contribution in [-0.4, -0.2) is 31.8 Å². The highest BCUT2D eigenvalue weighted by atomic mass is 32.2. The smallest absolute Gasteiger partial charge is 0.217 e. The number of hydrogen-bond donors (Lipinski definition) is 1. The van der Waals surface area contributed by atoms with Gasteiger partial charge in [-0.2, -0.15) is 9.61 Å². The Bertz CT molecular complexity index is 1020. The van der Waals surface area contributed by atoms with Crippen LogP contribution in [0.3, 0.4) is 0 Å². The van der Waals surface area contributed by atoms with Crippen molar-refractivity contribution in [1.29, 1.82) is 0 Å². The summed E-state index contributed by atoms with van der Waals surface area (Å²) in [7, 11) is 1.89. The minimum Gasteiger partial charge on any atom is -0.365 e. The van der Waals surface area contributed by atoms with E-state index in [1.165, 1.54) is 5.56 Å². The van der Waals surface area contributed by atoms with Crippen LogP contribution in [0.5, 0.6) is 0 Å². The van der Waals surface area contributed by atoms with Crippen molar-refractivity contribution in [1.82, 2.24) is 24.8 Å². The van der Waals surface area contributed by atoms with Gasteiger partial charge in [-0.25, -0.2) is 4.98 Å². The number of thiazole rings is 1. The molecule has 0 aliphatic carbocycles. The molecule has 1 aromatic carbocycles. The number of aryl methyl sites for hydroxylation is 2. The molecule has 0 aliphatic rings. The molecule has 0 saturated heterocycles. The van der Waals surface area contributed by atoms with E-state index in [-0.39, 0.29) is 0 Å². The third kappa shape index (κ3) is 2.53. The van der Waals surface area contributed by atoms with Crippen LogP contribution in [0.25, 0.3) is 15.9 Å². The van der Waals surface area contributed by atoms with Crippen molar-refractivity contribution in [2.24, 2.45) is 0 Å². The molecule has 0 spiro atoms. The largest absolute Gasteiger partial charge is 0.365 e. The molecule has 3 aromatic heterocycles. The maximum absolute atomic E-state index is 4.54. The fourth-order valence-corrected chi connectivity index (χ4v) is 4.11. The topological polar surface area (TPSA) is 68.0 Å². The van der Waals surface area contributed by atoms with Crippen LogP contribution in [0.4, 0.5) is 5.13 Å². The molecular weight excluding hydrogens is 328 g/mol. The second kappa shape index (κ2) is 5.47. The summed E-state index contributed by atoms with van der Waals surface area (Å²) < 4.78 is 2.94. The highest BCUT2D eigenvalue weighted by molar-refractivity contribution is 7.99. The number of aromatic nitrogens is 5. The zero-order valence-electron chi connectivity index (χ0n) is 12.9. The van der Waals surface area contributed by atoms with Gasteiger partial charge in [0, 0.05) is 11.9 Å². The van der Waals surface area contributed by atoms with Crippen molar-refractivity contribution >= 4 is 44.1 Å². The predicted octanol–water partition coefficient (Wildman–Crippen LogP) is 3.54. The highest BCUT2D eigenvalue weighted by Gasteiger charge is 2.12. The molecule has 4 rings (SSSR count). The number of benzene rings is 1. The second-order valence-corrected chi connectivity index (χ2v) is 7.22. The number of nitrogens with zero attached hydrogens (tertiary/aromatic N) is 5. The van der Waals surface area contributed by atoms with Gasteiger partial charge in [-0.05, 0) is 55.4 Å². The SMILES string of the molecule is CNc1nc2cc(C)c(Sc3nnc4ccc(C)nn34)cc2s1. The molecule has 0 saturated carbocycles. The molecule has 3 heterocycles. The Hall–Kier alpha value is -2.19. The van der Waals surface area contributed by atoms with Crippen molar-refractivity contribution in [3.8, 4) is 0 Å². The van der Waals surface area contributed by atoms with Crippen LogP contribution in [0.1, 0.15) is 11.3 Å². The van der Waals surface area contributed by atoms with Gasteiger partial charge in [0.1, 0.15) is 0 Å².